The number of esters is 1. The van der Waals surface area contributed by atoms with Gasteiger partial charge in [-0.25, -0.2) is 4.98 Å². The molecule has 0 unspecified atom stereocenters. The van der Waals surface area contributed by atoms with E-state index in [1.807, 2.05) is 19.1 Å². The SMILES string of the molecule is CCOC(=O)C1CCN(c2cc(C)c3c(OC)ccc(OC)c3n2)CC1. The molecule has 1 saturated heterocycles. The van der Waals surface area contributed by atoms with Crippen LogP contribution in [0.5, 0.6) is 11.5 Å². The van der Waals surface area contributed by atoms with Gasteiger partial charge in [0.2, 0.25) is 0 Å². The first kappa shape index (κ1) is 18.3. The molecule has 0 saturated carbocycles. The first-order chi connectivity index (χ1) is 12.6. The van der Waals surface area contributed by atoms with Gasteiger partial charge in [-0.2, -0.15) is 0 Å². The van der Waals surface area contributed by atoms with Crippen molar-refractivity contribution in [3.8, 4) is 11.5 Å². The van der Waals surface area contributed by atoms with E-state index in [1.165, 1.54) is 0 Å². The molecular formula is C20H26N2O4. The number of aryl methyl sites for hydroxylation is 1. The number of anilines is 1. The van der Waals surface area contributed by atoms with E-state index in [4.69, 9.17) is 19.2 Å². The summed E-state index contributed by atoms with van der Waals surface area (Å²) in [4.78, 5) is 19.0. The lowest BCUT2D eigenvalue weighted by Crippen LogP contribution is -2.37. The fourth-order valence-corrected chi connectivity index (χ4v) is 3.56. The summed E-state index contributed by atoms with van der Waals surface area (Å²) in [5, 5.41) is 0.969. The summed E-state index contributed by atoms with van der Waals surface area (Å²) in [7, 11) is 3.31. The largest absolute Gasteiger partial charge is 0.496 e. The van der Waals surface area contributed by atoms with E-state index in [1.54, 1.807) is 14.2 Å². The van der Waals surface area contributed by atoms with E-state index in [-0.39, 0.29) is 11.9 Å². The van der Waals surface area contributed by atoms with Gasteiger partial charge in [-0.15, -0.1) is 0 Å². The third kappa shape index (κ3) is 3.41. The van der Waals surface area contributed by atoms with E-state index in [2.05, 4.69) is 17.9 Å². The fraction of sp³-hybridized carbons (Fsp3) is 0.500. The topological polar surface area (TPSA) is 60.9 Å². The molecule has 1 aliphatic heterocycles. The average Bonchev–Trinajstić information content (AvgIpc) is 2.67. The second-order valence-electron chi connectivity index (χ2n) is 6.50. The number of hydrogen-bond donors (Lipinski definition) is 0. The standard InChI is InChI=1S/C20H26N2O4/c1-5-26-20(23)14-8-10-22(11-9-14)17-12-13(2)18-15(24-3)6-7-16(25-4)19(18)21-17/h6-7,12,14H,5,8-11H2,1-4H3. The van der Waals surface area contributed by atoms with Crippen molar-refractivity contribution < 1.29 is 19.0 Å². The summed E-state index contributed by atoms with van der Waals surface area (Å²) < 4.78 is 16.1. The van der Waals surface area contributed by atoms with Crippen molar-refractivity contribution in [2.24, 2.45) is 5.92 Å². The van der Waals surface area contributed by atoms with Crippen molar-refractivity contribution in [3.63, 3.8) is 0 Å². The number of pyridine rings is 1. The Kier molecular flexibility index (Phi) is 5.49. The Hall–Kier alpha value is -2.50. The van der Waals surface area contributed by atoms with Crippen LogP contribution < -0.4 is 14.4 Å². The van der Waals surface area contributed by atoms with Gasteiger partial charge in [-0.3, -0.25) is 4.79 Å². The summed E-state index contributed by atoms with van der Waals surface area (Å²) in [6, 6.07) is 5.86. The quantitative estimate of drug-likeness (QED) is 0.764. The molecule has 0 bridgehead atoms. The number of piperidine rings is 1. The Morgan fingerprint density at radius 3 is 2.46 bits per heavy atom. The number of ether oxygens (including phenoxy) is 3. The molecule has 0 radical (unpaired) electrons. The van der Waals surface area contributed by atoms with Crippen LogP contribution in [0.15, 0.2) is 18.2 Å². The molecule has 1 aromatic carbocycles. The fourth-order valence-electron chi connectivity index (χ4n) is 3.56. The molecule has 0 atom stereocenters. The number of aromatic nitrogens is 1. The summed E-state index contributed by atoms with van der Waals surface area (Å²) >= 11 is 0. The minimum absolute atomic E-state index is 0.0117. The van der Waals surface area contributed by atoms with E-state index in [0.717, 1.165) is 59.7 Å². The lowest BCUT2D eigenvalue weighted by Gasteiger charge is -2.32. The van der Waals surface area contributed by atoms with Crippen LogP contribution in [0.4, 0.5) is 5.82 Å². The number of carbonyl (C=O) groups is 1. The number of methoxy groups -OCH3 is 2. The van der Waals surface area contributed by atoms with Gasteiger partial charge in [0.05, 0.1) is 26.7 Å². The molecule has 1 aromatic heterocycles. The highest BCUT2D eigenvalue weighted by Gasteiger charge is 2.27. The van der Waals surface area contributed by atoms with Gasteiger partial charge in [0.1, 0.15) is 22.8 Å². The molecule has 0 aliphatic carbocycles. The second-order valence-corrected chi connectivity index (χ2v) is 6.50. The zero-order valence-corrected chi connectivity index (χ0v) is 15.9. The number of carbonyl (C=O) groups excluding carboxylic acids is 1. The van der Waals surface area contributed by atoms with Crippen LogP contribution in [0.3, 0.4) is 0 Å². The van der Waals surface area contributed by atoms with Crippen LogP contribution in [0.1, 0.15) is 25.3 Å². The lowest BCUT2D eigenvalue weighted by molar-refractivity contribution is -0.148. The maximum Gasteiger partial charge on any atom is 0.309 e. The summed E-state index contributed by atoms with van der Waals surface area (Å²) in [6.07, 6.45) is 1.57. The molecule has 6 heteroatoms. The van der Waals surface area contributed by atoms with Crippen molar-refractivity contribution in [3.05, 3.63) is 23.8 Å². The average molecular weight is 358 g/mol. The maximum absolute atomic E-state index is 11.9. The van der Waals surface area contributed by atoms with Gasteiger partial charge in [0.15, 0.2) is 0 Å². The minimum atomic E-state index is -0.0822. The molecule has 140 valence electrons. The second kappa shape index (κ2) is 7.81. The van der Waals surface area contributed by atoms with Gasteiger partial charge in [0, 0.05) is 18.5 Å². The third-order valence-electron chi connectivity index (χ3n) is 4.95. The summed E-state index contributed by atoms with van der Waals surface area (Å²) in [5.41, 5.74) is 1.89. The maximum atomic E-state index is 11.9. The number of hydrogen-bond acceptors (Lipinski definition) is 6. The Bertz CT molecular complexity index is 798. The van der Waals surface area contributed by atoms with Crippen LogP contribution >= 0.6 is 0 Å². The predicted molar refractivity (Wildman–Crippen MR) is 101 cm³/mol. The smallest absolute Gasteiger partial charge is 0.309 e. The third-order valence-corrected chi connectivity index (χ3v) is 4.95. The molecule has 1 aliphatic rings. The predicted octanol–water partition coefficient (Wildman–Crippen LogP) is 3.34. The van der Waals surface area contributed by atoms with Crippen molar-refractivity contribution in [1.82, 2.24) is 4.98 Å². The minimum Gasteiger partial charge on any atom is -0.496 e. The Labute approximate surface area is 154 Å². The molecule has 0 amide bonds. The van der Waals surface area contributed by atoms with E-state index in [0.29, 0.717) is 6.61 Å². The molecule has 0 spiro atoms. The Balaban J connectivity index is 1.89. The zero-order valence-electron chi connectivity index (χ0n) is 15.9. The van der Waals surface area contributed by atoms with E-state index >= 15 is 0 Å². The molecule has 6 nitrogen and oxygen atoms in total. The highest BCUT2D eigenvalue weighted by atomic mass is 16.5. The van der Waals surface area contributed by atoms with Gasteiger partial charge in [-0.05, 0) is 50.5 Å². The van der Waals surface area contributed by atoms with E-state index < -0.39 is 0 Å². The molecule has 26 heavy (non-hydrogen) atoms. The number of fused-ring (bicyclic) bond motifs is 1. The highest BCUT2D eigenvalue weighted by molar-refractivity contribution is 5.94. The highest BCUT2D eigenvalue weighted by Crippen LogP contribution is 2.36. The van der Waals surface area contributed by atoms with Crippen molar-refractivity contribution in [2.45, 2.75) is 26.7 Å². The molecule has 2 heterocycles. The molecule has 0 N–H and O–H groups in total. The van der Waals surface area contributed by atoms with Crippen molar-refractivity contribution in [2.75, 3.05) is 38.8 Å². The number of nitrogens with zero attached hydrogens (tertiary/aromatic N) is 2. The van der Waals surface area contributed by atoms with Crippen LogP contribution in [0.25, 0.3) is 10.9 Å². The Morgan fingerprint density at radius 1 is 1.19 bits per heavy atom. The van der Waals surface area contributed by atoms with E-state index in [9.17, 15) is 4.79 Å². The number of rotatable bonds is 5. The van der Waals surface area contributed by atoms with Gasteiger partial charge >= 0.3 is 5.97 Å². The van der Waals surface area contributed by atoms with Gasteiger partial charge in [0.25, 0.3) is 0 Å². The molecular weight excluding hydrogens is 332 g/mol. The zero-order chi connectivity index (χ0) is 18.7. The summed E-state index contributed by atoms with van der Waals surface area (Å²) in [6.45, 7) is 5.91. The first-order valence-electron chi connectivity index (χ1n) is 9.03. The monoisotopic (exact) mass is 358 g/mol. The van der Waals surface area contributed by atoms with Crippen LogP contribution in [0.2, 0.25) is 0 Å². The van der Waals surface area contributed by atoms with Crippen molar-refractivity contribution >= 4 is 22.7 Å². The van der Waals surface area contributed by atoms with Crippen molar-refractivity contribution in [1.29, 1.82) is 0 Å². The molecule has 1 fully saturated rings. The summed E-state index contributed by atoms with van der Waals surface area (Å²) in [5.74, 6) is 2.33. The van der Waals surface area contributed by atoms with Gasteiger partial charge < -0.3 is 19.1 Å². The van der Waals surface area contributed by atoms with Gasteiger partial charge in [-0.1, -0.05) is 0 Å². The molecule has 3 rings (SSSR count). The normalized spacial score (nSPS) is 15.2. The Morgan fingerprint density at radius 2 is 1.85 bits per heavy atom. The number of benzene rings is 1. The first-order valence-corrected chi connectivity index (χ1v) is 9.03. The van der Waals surface area contributed by atoms with Crippen LogP contribution in [-0.2, 0) is 9.53 Å². The molecule has 2 aromatic rings. The van der Waals surface area contributed by atoms with Crippen LogP contribution in [-0.4, -0.2) is 44.9 Å². The lowest BCUT2D eigenvalue weighted by atomic mass is 9.97. The van der Waals surface area contributed by atoms with Crippen LogP contribution in [0, 0.1) is 12.8 Å².